The number of esters is 1. The Kier molecular flexibility index (Phi) is 8.13. The molecule has 0 radical (unpaired) electrons. The van der Waals surface area contributed by atoms with Crippen LogP contribution >= 0.6 is 0 Å². The van der Waals surface area contributed by atoms with Crippen LogP contribution in [0.15, 0.2) is 54.7 Å². The number of amides is 2. The van der Waals surface area contributed by atoms with Crippen LogP contribution < -0.4 is 10.6 Å². The number of anilines is 1. The molecule has 3 N–H and O–H groups in total. The van der Waals surface area contributed by atoms with Gasteiger partial charge in [-0.15, -0.1) is 0 Å². The van der Waals surface area contributed by atoms with Crippen LogP contribution in [-0.2, 0) is 31.7 Å². The summed E-state index contributed by atoms with van der Waals surface area (Å²) in [7, 11) is 2.67. The third kappa shape index (κ3) is 6.82. The van der Waals surface area contributed by atoms with Gasteiger partial charge in [-0.2, -0.15) is 13.2 Å². The minimum absolute atomic E-state index is 0.181. The van der Waals surface area contributed by atoms with Crippen molar-refractivity contribution >= 4 is 34.4 Å². The molecule has 186 valence electrons. The molecule has 0 bridgehead atoms. The zero-order valence-corrected chi connectivity index (χ0v) is 19.1. The monoisotopic (exact) mass is 490 g/mol. The van der Waals surface area contributed by atoms with Crippen LogP contribution in [0.3, 0.4) is 0 Å². The van der Waals surface area contributed by atoms with Crippen LogP contribution in [-0.4, -0.2) is 61.0 Å². The third-order valence-electron chi connectivity index (χ3n) is 5.25. The Morgan fingerprint density at radius 3 is 2.40 bits per heavy atom. The number of ether oxygens (including phenoxy) is 1. The number of rotatable bonds is 9. The average molecular weight is 490 g/mol. The Bertz CT molecular complexity index is 1210. The summed E-state index contributed by atoms with van der Waals surface area (Å²) >= 11 is 0. The highest BCUT2D eigenvalue weighted by Crippen LogP contribution is 2.34. The first kappa shape index (κ1) is 25.8. The molecule has 0 saturated heterocycles. The van der Waals surface area contributed by atoms with E-state index in [4.69, 9.17) is 4.74 Å². The molecule has 1 aromatic heterocycles. The predicted octanol–water partition coefficient (Wildman–Crippen LogP) is 2.96. The lowest BCUT2D eigenvalue weighted by Crippen LogP contribution is -2.47. The van der Waals surface area contributed by atoms with Crippen molar-refractivity contribution in [3.63, 3.8) is 0 Å². The Hall–Kier alpha value is -3.86. The smallest absolute Gasteiger partial charge is 0.418 e. The number of benzene rings is 2. The second kappa shape index (κ2) is 11.0. The summed E-state index contributed by atoms with van der Waals surface area (Å²) in [6, 6.07) is 11.2. The van der Waals surface area contributed by atoms with E-state index in [1.165, 1.54) is 31.2 Å². The summed E-state index contributed by atoms with van der Waals surface area (Å²) in [6.45, 7) is -0.610. The fourth-order valence-electron chi connectivity index (χ4n) is 3.67. The lowest BCUT2D eigenvalue weighted by molar-refractivity contribution is -0.145. The molecule has 3 aromatic rings. The molecule has 0 aliphatic rings. The number of para-hydroxylation sites is 2. The number of alkyl halides is 3. The molecule has 1 unspecified atom stereocenters. The minimum Gasteiger partial charge on any atom is -0.467 e. The van der Waals surface area contributed by atoms with E-state index in [0.29, 0.717) is 0 Å². The molecule has 8 nitrogen and oxygen atoms in total. The predicted molar refractivity (Wildman–Crippen MR) is 124 cm³/mol. The van der Waals surface area contributed by atoms with E-state index < -0.39 is 35.6 Å². The number of aromatic amines is 1. The number of carbonyl (C=O) groups is 3. The number of methoxy groups -OCH3 is 1. The molecular formula is C24H25F3N4O4. The van der Waals surface area contributed by atoms with Crippen molar-refractivity contribution < 1.29 is 32.3 Å². The molecule has 0 fully saturated rings. The SMILES string of the molecule is COC(=O)C(Cc1c[nH]c2ccccc12)NC(=O)CN(C)CC(=O)Nc1ccccc1C(F)(F)F. The van der Waals surface area contributed by atoms with Gasteiger partial charge in [0.2, 0.25) is 11.8 Å². The molecule has 11 heteroatoms. The van der Waals surface area contributed by atoms with E-state index in [2.05, 4.69) is 15.6 Å². The van der Waals surface area contributed by atoms with Crippen LogP contribution in [0.25, 0.3) is 10.9 Å². The molecule has 35 heavy (non-hydrogen) atoms. The summed E-state index contributed by atoms with van der Waals surface area (Å²) in [5.74, 6) is -1.90. The van der Waals surface area contributed by atoms with E-state index in [9.17, 15) is 27.6 Å². The summed E-state index contributed by atoms with van der Waals surface area (Å²) in [5, 5.41) is 5.74. The second-order valence-electron chi connectivity index (χ2n) is 7.97. The van der Waals surface area contributed by atoms with Gasteiger partial charge in [0.1, 0.15) is 6.04 Å². The molecular weight excluding hydrogens is 465 g/mol. The largest absolute Gasteiger partial charge is 0.467 e. The van der Waals surface area contributed by atoms with Crippen molar-refractivity contribution in [3.05, 3.63) is 65.9 Å². The van der Waals surface area contributed by atoms with E-state index in [0.717, 1.165) is 28.6 Å². The first-order valence-corrected chi connectivity index (χ1v) is 10.6. The van der Waals surface area contributed by atoms with Gasteiger partial charge in [-0.1, -0.05) is 30.3 Å². The number of nitrogens with zero attached hydrogens (tertiary/aromatic N) is 1. The van der Waals surface area contributed by atoms with Crippen LogP contribution in [0.5, 0.6) is 0 Å². The Balaban J connectivity index is 1.58. The Morgan fingerprint density at radius 2 is 1.69 bits per heavy atom. The van der Waals surface area contributed by atoms with Gasteiger partial charge in [-0.05, 0) is 30.8 Å². The van der Waals surface area contributed by atoms with Gasteiger partial charge >= 0.3 is 12.1 Å². The van der Waals surface area contributed by atoms with Crippen molar-refractivity contribution in [2.75, 3.05) is 32.6 Å². The molecule has 0 aliphatic carbocycles. The first-order valence-electron chi connectivity index (χ1n) is 10.6. The topological polar surface area (TPSA) is 104 Å². The number of halogens is 3. The summed E-state index contributed by atoms with van der Waals surface area (Å²) in [4.78, 5) is 41.5. The summed E-state index contributed by atoms with van der Waals surface area (Å²) < 4.78 is 44.2. The first-order chi connectivity index (χ1) is 16.6. The standard InChI is InChI=1S/C24H25F3N4O4/c1-31(13-21(32)29-19-10-6-4-8-17(19)24(25,26)27)14-22(33)30-20(23(34)35-2)11-15-12-28-18-9-5-3-7-16(15)18/h3-10,12,20,28H,11,13-14H2,1-2H3,(H,29,32)(H,30,33). The van der Waals surface area contributed by atoms with Gasteiger partial charge in [0, 0.05) is 23.5 Å². The number of hydrogen-bond acceptors (Lipinski definition) is 5. The number of H-pyrrole nitrogens is 1. The van der Waals surface area contributed by atoms with Crippen molar-refractivity contribution in [2.45, 2.75) is 18.6 Å². The van der Waals surface area contributed by atoms with Crippen LogP contribution in [0.4, 0.5) is 18.9 Å². The molecule has 2 aromatic carbocycles. The summed E-state index contributed by atoms with van der Waals surface area (Å²) in [6.07, 6.45) is -2.69. The average Bonchev–Trinajstić information content (AvgIpc) is 3.20. The minimum atomic E-state index is -4.62. The highest BCUT2D eigenvalue weighted by molar-refractivity contribution is 5.93. The van der Waals surface area contributed by atoms with Gasteiger partial charge in [-0.3, -0.25) is 14.5 Å². The Morgan fingerprint density at radius 1 is 1.03 bits per heavy atom. The van der Waals surface area contributed by atoms with E-state index in [-0.39, 0.29) is 25.2 Å². The van der Waals surface area contributed by atoms with E-state index in [1.807, 2.05) is 24.3 Å². The quantitative estimate of drug-likeness (QED) is 0.400. The lowest BCUT2D eigenvalue weighted by Gasteiger charge is -2.20. The third-order valence-corrected chi connectivity index (χ3v) is 5.25. The molecule has 0 aliphatic heterocycles. The van der Waals surface area contributed by atoms with Gasteiger partial charge in [-0.25, -0.2) is 4.79 Å². The number of nitrogens with one attached hydrogen (secondary N) is 3. The fraction of sp³-hybridized carbons (Fsp3) is 0.292. The van der Waals surface area contributed by atoms with E-state index >= 15 is 0 Å². The maximum absolute atomic E-state index is 13.1. The van der Waals surface area contributed by atoms with Gasteiger partial charge < -0.3 is 20.4 Å². The van der Waals surface area contributed by atoms with Crippen molar-refractivity contribution in [3.8, 4) is 0 Å². The van der Waals surface area contributed by atoms with E-state index in [1.54, 1.807) is 6.20 Å². The number of aromatic nitrogens is 1. The zero-order chi connectivity index (χ0) is 25.6. The molecule has 3 rings (SSSR count). The molecule has 1 atom stereocenters. The Labute approximate surface area is 199 Å². The van der Waals surface area contributed by atoms with Crippen LogP contribution in [0, 0.1) is 0 Å². The highest BCUT2D eigenvalue weighted by Gasteiger charge is 2.33. The highest BCUT2D eigenvalue weighted by atomic mass is 19.4. The van der Waals surface area contributed by atoms with Crippen molar-refractivity contribution in [2.24, 2.45) is 0 Å². The van der Waals surface area contributed by atoms with Crippen LogP contribution in [0.1, 0.15) is 11.1 Å². The zero-order valence-electron chi connectivity index (χ0n) is 19.1. The van der Waals surface area contributed by atoms with Crippen molar-refractivity contribution in [1.29, 1.82) is 0 Å². The van der Waals surface area contributed by atoms with Crippen molar-refractivity contribution in [1.82, 2.24) is 15.2 Å². The number of hydrogen-bond donors (Lipinski definition) is 3. The number of likely N-dealkylation sites (N-methyl/N-ethyl adjacent to an activating group) is 1. The number of carbonyl (C=O) groups excluding carboxylic acids is 3. The summed E-state index contributed by atoms with van der Waals surface area (Å²) in [5.41, 5.74) is 0.363. The second-order valence-corrected chi connectivity index (χ2v) is 7.97. The maximum Gasteiger partial charge on any atom is 0.418 e. The van der Waals surface area contributed by atoms with Crippen LogP contribution in [0.2, 0.25) is 0 Å². The number of fused-ring (bicyclic) bond motifs is 1. The molecule has 0 spiro atoms. The molecule has 0 saturated carbocycles. The molecule has 1 heterocycles. The van der Waals surface area contributed by atoms with Gasteiger partial charge in [0.05, 0.1) is 31.5 Å². The van der Waals surface area contributed by atoms with Gasteiger partial charge in [0.25, 0.3) is 0 Å². The molecule has 2 amide bonds. The lowest BCUT2D eigenvalue weighted by atomic mass is 10.0. The normalized spacial score (nSPS) is 12.4. The van der Waals surface area contributed by atoms with Gasteiger partial charge in [0.15, 0.2) is 0 Å². The fourth-order valence-corrected chi connectivity index (χ4v) is 3.67. The maximum atomic E-state index is 13.1.